The van der Waals surface area contributed by atoms with Crippen molar-refractivity contribution in [1.82, 2.24) is 4.98 Å². The second-order valence-electron chi connectivity index (χ2n) is 5.34. The molecule has 5 heteroatoms. The second-order valence-corrected chi connectivity index (χ2v) is 5.74. The molecule has 0 spiro atoms. The summed E-state index contributed by atoms with van der Waals surface area (Å²) in [6, 6.07) is 13.7. The highest BCUT2D eigenvalue weighted by atomic mass is 35.5. The van der Waals surface area contributed by atoms with Crippen LogP contribution in [0.25, 0.3) is 11.3 Å². The van der Waals surface area contributed by atoms with E-state index in [1.54, 1.807) is 24.4 Å². The maximum absolute atomic E-state index is 8.91. The van der Waals surface area contributed by atoms with Crippen molar-refractivity contribution in [2.45, 2.75) is 13.8 Å². The molecular formula is C18H14ClN3O. The number of rotatable bonds is 3. The minimum Gasteiger partial charge on any atom is -0.423 e. The fourth-order valence-corrected chi connectivity index (χ4v) is 2.62. The third kappa shape index (κ3) is 3.36. The number of anilines is 2. The lowest BCUT2D eigenvalue weighted by Gasteiger charge is -2.05. The molecular weight excluding hydrogens is 310 g/mol. The number of oxazole rings is 1. The predicted molar refractivity (Wildman–Crippen MR) is 90.9 cm³/mol. The van der Waals surface area contributed by atoms with E-state index >= 15 is 0 Å². The summed E-state index contributed by atoms with van der Waals surface area (Å²) in [5.74, 6) is 0.586. The first-order valence-corrected chi connectivity index (χ1v) is 7.44. The molecule has 1 N–H and O–H groups in total. The van der Waals surface area contributed by atoms with E-state index in [0.717, 1.165) is 22.4 Å². The molecule has 1 heterocycles. The van der Waals surface area contributed by atoms with Gasteiger partial charge in [-0.15, -0.1) is 0 Å². The van der Waals surface area contributed by atoms with Gasteiger partial charge in [0.15, 0.2) is 5.76 Å². The van der Waals surface area contributed by atoms with Crippen LogP contribution in [-0.4, -0.2) is 4.98 Å². The number of benzene rings is 2. The lowest BCUT2D eigenvalue weighted by molar-refractivity contribution is 0.592. The molecule has 0 radical (unpaired) electrons. The Labute approximate surface area is 139 Å². The topological polar surface area (TPSA) is 61.9 Å². The molecule has 0 unspecified atom stereocenters. The number of nitrogens with one attached hydrogen (secondary N) is 1. The molecule has 2 aromatic carbocycles. The first-order chi connectivity index (χ1) is 11.0. The van der Waals surface area contributed by atoms with E-state index in [4.69, 9.17) is 21.3 Å². The number of nitrogens with zero attached hydrogens (tertiary/aromatic N) is 2. The Morgan fingerprint density at radius 3 is 2.52 bits per heavy atom. The molecule has 4 nitrogen and oxygen atoms in total. The molecule has 0 saturated heterocycles. The minimum atomic E-state index is 0.394. The highest BCUT2D eigenvalue weighted by Crippen LogP contribution is 2.28. The van der Waals surface area contributed by atoms with Crippen molar-refractivity contribution in [3.05, 3.63) is 64.3 Å². The summed E-state index contributed by atoms with van der Waals surface area (Å²) in [4.78, 5) is 4.23. The highest BCUT2D eigenvalue weighted by molar-refractivity contribution is 6.32. The van der Waals surface area contributed by atoms with Crippen LogP contribution in [0.1, 0.15) is 16.7 Å². The zero-order valence-corrected chi connectivity index (χ0v) is 13.5. The van der Waals surface area contributed by atoms with Crippen molar-refractivity contribution >= 4 is 23.3 Å². The molecule has 0 atom stereocenters. The van der Waals surface area contributed by atoms with Crippen LogP contribution >= 0.6 is 11.6 Å². The van der Waals surface area contributed by atoms with Gasteiger partial charge in [0.05, 0.1) is 16.8 Å². The molecule has 0 aliphatic rings. The summed E-state index contributed by atoms with van der Waals surface area (Å²) in [5.41, 5.74) is 4.46. The van der Waals surface area contributed by atoms with Gasteiger partial charge in [0.2, 0.25) is 0 Å². The third-order valence-corrected chi connectivity index (χ3v) is 3.67. The summed E-state index contributed by atoms with van der Waals surface area (Å²) in [5, 5.41) is 12.5. The highest BCUT2D eigenvalue weighted by Gasteiger charge is 2.09. The van der Waals surface area contributed by atoms with Crippen molar-refractivity contribution in [1.29, 1.82) is 5.26 Å². The Balaban J connectivity index is 1.86. The maximum atomic E-state index is 8.91. The molecule has 0 fully saturated rings. The summed E-state index contributed by atoms with van der Waals surface area (Å²) in [6.45, 7) is 4.08. The lowest BCUT2D eigenvalue weighted by Crippen LogP contribution is -1.91. The van der Waals surface area contributed by atoms with Crippen molar-refractivity contribution < 1.29 is 4.42 Å². The van der Waals surface area contributed by atoms with E-state index in [1.807, 2.05) is 32.0 Å². The van der Waals surface area contributed by atoms with Gasteiger partial charge >= 0.3 is 0 Å². The van der Waals surface area contributed by atoms with Gasteiger partial charge in [0.1, 0.15) is 6.07 Å². The third-order valence-electron chi connectivity index (χ3n) is 3.35. The smallest absolute Gasteiger partial charge is 0.299 e. The summed E-state index contributed by atoms with van der Waals surface area (Å²) in [6.07, 6.45) is 1.63. The van der Waals surface area contributed by atoms with Crippen LogP contribution in [0.4, 0.5) is 11.7 Å². The summed E-state index contributed by atoms with van der Waals surface area (Å²) >= 11 is 6.05. The van der Waals surface area contributed by atoms with Crippen molar-refractivity contribution in [2.75, 3.05) is 5.32 Å². The molecule has 114 valence electrons. The van der Waals surface area contributed by atoms with Crippen LogP contribution in [0.5, 0.6) is 0 Å². The Morgan fingerprint density at radius 2 is 1.87 bits per heavy atom. The Hall–Kier alpha value is -2.77. The second kappa shape index (κ2) is 6.15. The van der Waals surface area contributed by atoms with Crippen LogP contribution in [0.3, 0.4) is 0 Å². The monoisotopic (exact) mass is 323 g/mol. The van der Waals surface area contributed by atoms with Gasteiger partial charge in [-0.1, -0.05) is 17.7 Å². The Morgan fingerprint density at radius 1 is 1.13 bits per heavy atom. The van der Waals surface area contributed by atoms with Gasteiger partial charge < -0.3 is 9.73 Å². The van der Waals surface area contributed by atoms with Crippen molar-refractivity contribution in [3.63, 3.8) is 0 Å². The SMILES string of the molecule is Cc1cc(C)cc(Nc2ncc(-c3ccc(C#N)c(Cl)c3)o2)c1. The number of aryl methyl sites for hydroxylation is 2. The molecule has 0 aliphatic carbocycles. The van der Waals surface area contributed by atoms with E-state index in [-0.39, 0.29) is 0 Å². The fourth-order valence-electron chi connectivity index (χ4n) is 2.39. The van der Waals surface area contributed by atoms with E-state index in [9.17, 15) is 0 Å². The molecule has 3 rings (SSSR count). The first-order valence-electron chi connectivity index (χ1n) is 7.06. The van der Waals surface area contributed by atoms with Crippen LogP contribution in [0.15, 0.2) is 47.0 Å². The number of hydrogen-bond donors (Lipinski definition) is 1. The Kier molecular flexibility index (Phi) is 4.05. The zero-order valence-electron chi connectivity index (χ0n) is 12.7. The van der Waals surface area contributed by atoms with Crippen LogP contribution < -0.4 is 5.32 Å². The van der Waals surface area contributed by atoms with E-state index in [2.05, 4.69) is 16.4 Å². The molecule has 0 amide bonds. The molecule has 3 aromatic rings. The Bertz CT molecular complexity index is 889. The number of halogens is 1. The van der Waals surface area contributed by atoms with Gasteiger partial charge in [-0.25, -0.2) is 4.98 Å². The molecule has 0 bridgehead atoms. The molecule has 0 saturated carbocycles. The zero-order chi connectivity index (χ0) is 16.4. The van der Waals surface area contributed by atoms with Crippen molar-refractivity contribution in [2.24, 2.45) is 0 Å². The van der Waals surface area contributed by atoms with Gasteiger partial charge in [0, 0.05) is 11.3 Å². The normalized spacial score (nSPS) is 10.3. The van der Waals surface area contributed by atoms with E-state index in [1.165, 1.54) is 0 Å². The summed E-state index contributed by atoms with van der Waals surface area (Å²) < 4.78 is 5.72. The van der Waals surface area contributed by atoms with Crippen LogP contribution in [-0.2, 0) is 0 Å². The quantitative estimate of drug-likeness (QED) is 0.717. The summed E-state index contributed by atoms with van der Waals surface area (Å²) in [7, 11) is 0. The van der Waals surface area contributed by atoms with Crippen molar-refractivity contribution in [3.8, 4) is 17.4 Å². The van der Waals surface area contributed by atoms with Crippen LogP contribution in [0.2, 0.25) is 5.02 Å². The molecule has 1 aromatic heterocycles. The van der Waals surface area contributed by atoms with E-state index < -0.39 is 0 Å². The molecule has 23 heavy (non-hydrogen) atoms. The van der Waals surface area contributed by atoms with Crippen LogP contribution in [0, 0.1) is 25.2 Å². The van der Waals surface area contributed by atoms with Gasteiger partial charge in [0.25, 0.3) is 6.01 Å². The average molecular weight is 324 g/mol. The first kappa shape index (κ1) is 15.1. The van der Waals surface area contributed by atoms with Gasteiger partial charge in [-0.2, -0.15) is 5.26 Å². The number of nitriles is 1. The number of aromatic nitrogens is 1. The number of hydrogen-bond acceptors (Lipinski definition) is 4. The van der Waals surface area contributed by atoms with Gasteiger partial charge in [-0.05, 0) is 55.3 Å². The lowest BCUT2D eigenvalue weighted by atomic mass is 10.1. The minimum absolute atomic E-state index is 0.394. The average Bonchev–Trinajstić information content (AvgIpc) is 2.94. The predicted octanol–water partition coefficient (Wildman–Crippen LogP) is 5.23. The standard InChI is InChI=1S/C18H14ClN3O/c1-11-5-12(2)7-15(6-11)22-18-21-10-17(23-18)13-3-4-14(9-20)16(19)8-13/h3-8,10H,1-2H3,(H,21,22). The molecule has 0 aliphatic heterocycles. The maximum Gasteiger partial charge on any atom is 0.299 e. The van der Waals surface area contributed by atoms with Gasteiger partial charge in [-0.3, -0.25) is 0 Å². The van der Waals surface area contributed by atoms with E-state index in [0.29, 0.717) is 22.4 Å². The largest absolute Gasteiger partial charge is 0.423 e. The fraction of sp³-hybridized carbons (Fsp3) is 0.111.